The first-order valence-electron chi connectivity index (χ1n) is 6.53. The van der Waals surface area contributed by atoms with Crippen molar-refractivity contribution in [1.29, 1.82) is 0 Å². The Morgan fingerprint density at radius 1 is 1.44 bits per heavy atom. The maximum atomic E-state index is 5.91. The molecule has 0 saturated heterocycles. The second kappa shape index (κ2) is 4.23. The monoisotopic (exact) mass is 263 g/mol. The molecule has 0 spiro atoms. The lowest BCUT2D eigenvalue weighted by atomic mass is 9.98. The van der Waals surface area contributed by atoms with Gasteiger partial charge < -0.3 is 4.57 Å². The molecule has 0 bridgehead atoms. The van der Waals surface area contributed by atoms with E-state index in [1.807, 2.05) is 18.3 Å². The van der Waals surface area contributed by atoms with Gasteiger partial charge in [-0.1, -0.05) is 0 Å². The Hall–Kier alpha value is -1.09. The fourth-order valence-electron chi connectivity index (χ4n) is 2.79. The quantitative estimate of drug-likeness (QED) is 0.792. The van der Waals surface area contributed by atoms with Crippen molar-refractivity contribution in [3.8, 4) is 0 Å². The summed E-state index contributed by atoms with van der Waals surface area (Å²) in [5.41, 5.74) is 2.06. The van der Waals surface area contributed by atoms with E-state index in [-0.39, 0.29) is 5.54 Å². The lowest BCUT2D eigenvalue weighted by molar-refractivity contribution is 0.303. The van der Waals surface area contributed by atoms with E-state index < -0.39 is 0 Å². The summed E-state index contributed by atoms with van der Waals surface area (Å²) in [5.74, 6) is 2.41. The summed E-state index contributed by atoms with van der Waals surface area (Å²) >= 11 is 5.91. The third kappa shape index (κ3) is 1.81. The number of imidazole rings is 1. The van der Waals surface area contributed by atoms with Crippen LogP contribution in [0.1, 0.15) is 32.5 Å². The second-order valence-corrected chi connectivity index (χ2v) is 5.95. The van der Waals surface area contributed by atoms with Crippen LogP contribution in [0.25, 0.3) is 11.2 Å². The van der Waals surface area contributed by atoms with Gasteiger partial charge in [0.15, 0.2) is 5.65 Å². The molecule has 2 heterocycles. The van der Waals surface area contributed by atoms with Gasteiger partial charge in [-0.25, -0.2) is 9.97 Å². The molecule has 2 aromatic rings. The smallest absolute Gasteiger partial charge is 0.160 e. The summed E-state index contributed by atoms with van der Waals surface area (Å²) in [6.07, 6.45) is 5.25. The number of fused-ring (bicyclic) bond motifs is 1. The highest BCUT2D eigenvalue weighted by Crippen LogP contribution is 2.45. The van der Waals surface area contributed by atoms with Gasteiger partial charge in [0.05, 0.1) is 0 Å². The van der Waals surface area contributed by atoms with Crippen molar-refractivity contribution >= 4 is 22.8 Å². The molecule has 2 aromatic heterocycles. The highest BCUT2D eigenvalue weighted by atomic mass is 35.5. The molecule has 0 radical (unpaired) electrons. The fraction of sp³-hybridized carbons (Fsp3) is 0.571. The highest BCUT2D eigenvalue weighted by Gasteiger charge is 2.41. The molecule has 0 unspecified atom stereocenters. The van der Waals surface area contributed by atoms with Crippen LogP contribution in [0.2, 0.25) is 0 Å². The van der Waals surface area contributed by atoms with Crippen LogP contribution in [0.5, 0.6) is 0 Å². The van der Waals surface area contributed by atoms with Crippen molar-refractivity contribution in [2.75, 3.05) is 5.88 Å². The number of hydrogen-bond donors (Lipinski definition) is 0. The molecule has 18 heavy (non-hydrogen) atoms. The van der Waals surface area contributed by atoms with Gasteiger partial charge in [0.2, 0.25) is 0 Å². The number of alkyl halides is 1. The largest absolute Gasteiger partial charge is 0.307 e. The van der Waals surface area contributed by atoms with Crippen LogP contribution in [-0.4, -0.2) is 20.4 Å². The predicted octanol–water partition coefficient (Wildman–Crippen LogP) is 3.36. The summed E-state index contributed by atoms with van der Waals surface area (Å²) < 4.78 is 2.31. The van der Waals surface area contributed by atoms with Crippen molar-refractivity contribution in [3.63, 3.8) is 0 Å². The minimum Gasteiger partial charge on any atom is -0.307 e. The van der Waals surface area contributed by atoms with Crippen molar-refractivity contribution in [1.82, 2.24) is 14.5 Å². The van der Waals surface area contributed by atoms with E-state index in [0.29, 0.717) is 5.88 Å². The van der Waals surface area contributed by atoms with Crippen LogP contribution in [0, 0.1) is 5.92 Å². The van der Waals surface area contributed by atoms with Crippen molar-refractivity contribution in [2.24, 2.45) is 5.92 Å². The summed E-state index contributed by atoms with van der Waals surface area (Å²) in [5, 5.41) is 0. The lowest BCUT2D eigenvalue weighted by Gasteiger charge is -2.29. The Morgan fingerprint density at radius 3 is 2.89 bits per heavy atom. The van der Waals surface area contributed by atoms with E-state index in [4.69, 9.17) is 16.6 Å². The van der Waals surface area contributed by atoms with Crippen LogP contribution >= 0.6 is 11.6 Å². The first kappa shape index (κ1) is 12.0. The Labute approximate surface area is 112 Å². The first-order chi connectivity index (χ1) is 8.64. The number of rotatable bonds is 4. The SMILES string of the molecule is CC(C)(C1CC1)n1c(CCCl)nc2cccnc21. The van der Waals surface area contributed by atoms with Crippen molar-refractivity contribution in [2.45, 2.75) is 38.6 Å². The molecule has 96 valence electrons. The van der Waals surface area contributed by atoms with Gasteiger partial charge in [0.1, 0.15) is 11.3 Å². The molecule has 1 fully saturated rings. The molecule has 4 heteroatoms. The number of pyridine rings is 1. The minimum absolute atomic E-state index is 0.0878. The Morgan fingerprint density at radius 2 is 2.22 bits per heavy atom. The average molecular weight is 264 g/mol. The second-order valence-electron chi connectivity index (χ2n) is 5.58. The first-order valence-corrected chi connectivity index (χ1v) is 7.07. The average Bonchev–Trinajstić information content (AvgIpc) is 3.11. The topological polar surface area (TPSA) is 30.7 Å². The predicted molar refractivity (Wildman–Crippen MR) is 74.0 cm³/mol. The van der Waals surface area contributed by atoms with Crippen LogP contribution in [-0.2, 0) is 12.0 Å². The van der Waals surface area contributed by atoms with Crippen LogP contribution in [0.4, 0.5) is 0 Å². The van der Waals surface area contributed by atoms with Gasteiger partial charge in [-0.15, -0.1) is 11.6 Å². The molecule has 3 rings (SSSR count). The number of nitrogens with zero attached hydrogens (tertiary/aromatic N) is 3. The zero-order valence-electron chi connectivity index (χ0n) is 10.9. The van der Waals surface area contributed by atoms with Crippen molar-refractivity contribution in [3.05, 3.63) is 24.2 Å². The normalized spacial score (nSPS) is 16.4. The molecular weight excluding hydrogens is 246 g/mol. The van der Waals surface area contributed by atoms with E-state index in [9.17, 15) is 0 Å². The Bertz CT molecular complexity index is 569. The molecule has 1 aliphatic carbocycles. The van der Waals surface area contributed by atoms with Gasteiger partial charge in [-0.05, 0) is 44.7 Å². The van der Waals surface area contributed by atoms with Gasteiger partial charge in [0.25, 0.3) is 0 Å². The maximum Gasteiger partial charge on any atom is 0.160 e. The summed E-state index contributed by atoms with van der Waals surface area (Å²) in [4.78, 5) is 9.21. The lowest BCUT2D eigenvalue weighted by Crippen LogP contribution is -2.30. The third-order valence-corrected chi connectivity index (χ3v) is 4.15. The van der Waals surface area contributed by atoms with E-state index >= 15 is 0 Å². The van der Waals surface area contributed by atoms with Gasteiger partial charge in [-0.3, -0.25) is 0 Å². The molecule has 0 amide bonds. The molecular formula is C14H18ClN3. The van der Waals surface area contributed by atoms with Crippen LogP contribution < -0.4 is 0 Å². The van der Waals surface area contributed by atoms with Gasteiger partial charge >= 0.3 is 0 Å². The summed E-state index contributed by atoms with van der Waals surface area (Å²) in [7, 11) is 0. The highest BCUT2D eigenvalue weighted by molar-refractivity contribution is 6.17. The zero-order chi connectivity index (χ0) is 12.8. The molecule has 0 aromatic carbocycles. The zero-order valence-corrected chi connectivity index (χ0v) is 11.6. The molecule has 1 aliphatic rings. The van der Waals surface area contributed by atoms with Crippen LogP contribution in [0.15, 0.2) is 18.3 Å². The number of aromatic nitrogens is 3. The number of halogens is 1. The number of aryl methyl sites for hydroxylation is 1. The van der Waals surface area contributed by atoms with Crippen LogP contribution in [0.3, 0.4) is 0 Å². The van der Waals surface area contributed by atoms with E-state index in [1.54, 1.807) is 0 Å². The van der Waals surface area contributed by atoms with E-state index in [0.717, 1.165) is 29.3 Å². The Kier molecular flexibility index (Phi) is 2.81. The number of hydrogen-bond acceptors (Lipinski definition) is 2. The van der Waals surface area contributed by atoms with E-state index in [1.165, 1.54) is 12.8 Å². The Balaban J connectivity index is 2.20. The molecule has 3 nitrogen and oxygen atoms in total. The van der Waals surface area contributed by atoms with Gasteiger partial charge in [-0.2, -0.15) is 0 Å². The summed E-state index contributed by atoms with van der Waals surface area (Å²) in [6.45, 7) is 4.58. The fourth-order valence-corrected chi connectivity index (χ4v) is 2.96. The minimum atomic E-state index is 0.0878. The standard InChI is InChI=1S/C14H18ClN3/c1-14(2,10-5-6-10)18-12(7-8-15)17-11-4-3-9-16-13(11)18/h3-4,9-10H,5-8H2,1-2H3. The maximum absolute atomic E-state index is 5.91. The summed E-state index contributed by atoms with van der Waals surface area (Å²) in [6, 6.07) is 3.97. The van der Waals surface area contributed by atoms with Gasteiger partial charge in [0, 0.05) is 24.0 Å². The van der Waals surface area contributed by atoms with Crippen molar-refractivity contribution < 1.29 is 0 Å². The molecule has 1 saturated carbocycles. The molecule has 0 atom stereocenters. The molecule has 0 aliphatic heterocycles. The third-order valence-electron chi connectivity index (χ3n) is 3.96. The molecule has 0 N–H and O–H groups in total. The van der Waals surface area contributed by atoms with E-state index in [2.05, 4.69) is 23.4 Å².